The fraction of sp³-hybridized carbons (Fsp3) is 0.529. The van der Waals surface area contributed by atoms with Gasteiger partial charge in [-0.2, -0.15) is 0 Å². The molecule has 0 radical (unpaired) electrons. The van der Waals surface area contributed by atoms with Gasteiger partial charge in [0.2, 0.25) is 0 Å². The lowest BCUT2D eigenvalue weighted by Gasteiger charge is -2.15. The summed E-state index contributed by atoms with van der Waals surface area (Å²) in [6, 6.07) is -0.267. The van der Waals surface area contributed by atoms with Crippen LogP contribution in [0.4, 0.5) is 4.79 Å². The predicted molar refractivity (Wildman–Crippen MR) is 90.8 cm³/mol. The highest BCUT2D eigenvalue weighted by atomic mass is 16.2. The molecule has 7 heteroatoms. The smallest absolute Gasteiger partial charge is 0.324 e. The van der Waals surface area contributed by atoms with Gasteiger partial charge in [0.05, 0.1) is 6.20 Å². The average molecular weight is 327 g/mol. The summed E-state index contributed by atoms with van der Waals surface area (Å²) in [5.41, 5.74) is 1.78. The molecule has 24 heavy (non-hydrogen) atoms. The molecule has 0 N–H and O–H groups in total. The first kappa shape index (κ1) is 15.1. The van der Waals surface area contributed by atoms with Crippen LogP contribution in [0.5, 0.6) is 0 Å². The van der Waals surface area contributed by atoms with Crippen molar-refractivity contribution in [3.8, 4) is 0 Å². The summed E-state index contributed by atoms with van der Waals surface area (Å²) in [6.45, 7) is 1.40. The number of rotatable bonds is 1. The van der Waals surface area contributed by atoms with E-state index in [1.165, 1.54) is 15.6 Å². The highest BCUT2D eigenvalue weighted by molar-refractivity contribution is 5.88. The van der Waals surface area contributed by atoms with Crippen molar-refractivity contribution in [2.75, 3.05) is 13.1 Å². The standard InChI is InChI=1S/C17H21N5O2/c1-20-15-13(11-18-14(19-15)12-7-3-2-4-8-12)22(16(20)23)17(24)21-9-5-6-10-21/h7,11H,2-6,8-10H2,1H3. The molecular weight excluding hydrogens is 306 g/mol. The number of carbonyl (C=O) groups excluding carboxylic acids is 1. The third kappa shape index (κ3) is 2.35. The van der Waals surface area contributed by atoms with Crippen LogP contribution in [0.3, 0.4) is 0 Å². The first-order valence-corrected chi connectivity index (χ1v) is 8.60. The quantitative estimate of drug-likeness (QED) is 0.804. The van der Waals surface area contributed by atoms with Crippen LogP contribution in [0.15, 0.2) is 17.1 Å². The number of hydrogen-bond donors (Lipinski definition) is 0. The van der Waals surface area contributed by atoms with E-state index in [9.17, 15) is 9.59 Å². The molecule has 0 saturated carbocycles. The van der Waals surface area contributed by atoms with Crippen molar-refractivity contribution in [3.05, 3.63) is 28.6 Å². The van der Waals surface area contributed by atoms with Crippen LogP contribution < -0.4 is 5.69 Å². The molecule has 1 aliphatic heterocycles. The Bertz CT molecular complexity index is 886. The average Bonchev–Trinajstić information content (AvgIpc) is 3.24. The molecule has 1 saturated heterocycles. The van der Waals surface area contributed by atoms with E-state index in [1.807, 2.05) is 0 Å². The first-order chi connectivity index (χ1) is 11.7. The molecule has 1 fully saturated rings. The summed E-state index contributed by atoms with van der Waals surface area (Å²) in [5.74, 6) is 0.670. The third-order valence-electron chi connectivity index (χ3n) is 4.93. The summed E-state index contributed by atoms with van der Waals surface area (Å²) >= 11 is 0. The van der Waals surface area contributed by atoms with Crippen molar-refractivity contribution in [2.24, 2.45) is 7.05 Å². The molecule has 3 heterocycles. The van der Waals surface area contributed by atoms with Gasteiger partial charge in [-0.25, -0.2) is 24.1 Å². The monoisotopic (exact) mass is 327 g/mol. The maximum atomic E-state index is 12.7. The maximum Gasteiger partial charge on any atom is 0.338 e. The number of allylic oxidation sites excluding steroid dienone is 2. The number of likely N-dealkylation sites (tertiary alicyclic amines) is 1. The fourth-order valence-corrected chi connectivity index (χ4v) is 3.55. The van der Waals surface area contributed by atoms with E-state index in [0.717, 1.165) is 37.7 Å². The minimum atomic E-state index is -0.356. The first-order valence-electron chi connectivity index (χ1n) is 8.60. The number of amides is 1. The molecule has 1 amide bonds. The molecule has 0 unspecified atom stereocenters. The van der Waals surface area contributed by atoms with Crippen LogP contribution in [-0.4, -0.2) is 43.1 Å². The zero-order valence-electron chi connectivity index (χ0n) is 13.9. The molecular formula is C17H21N5O2. The van der Waals surface area contributed by atoms with Gasteiger partial charge in [0.15, 0.2) is 11.5 Å². The number of fused-ring (bicyclic) bond motifs is 1. The van der Waals surface area contributed by atoms with Crippen molar-refractivity contribution in [3.63, 3.8) is 0 Å². The van der Waals surface area contributed by atoms with Gasteiger partial charge >= 0.3 is 11.7 Å². The van der Waals surface area contributed by atoms with Gasteiger partial charge in [0.1, 0.15) is 5.52 Å². The number of carbonyl (C=O) groups is 1. The van der Waals surface area contributed by atoms with Gasteiger partial charge in [-0.1, -0.05) is 6.08 Å². The molecule has 4 rings (SSSR count). The van der Waals surface area contributed by atoms with Gasteiger partial charge in [-0.15, -0.1) is 0 Å². The summed E-state index contributed by atoms with van der Waals surface area (Å²) < 4.78 is 2.65. The van der Waals surface area contributed by atoms with Gasteiger partial charge in [-0.3, -0.25) is 4.57 Å². The van der Waals surface area contributed by atoms with Crippen LogP contribution in [-0.2, 0) is 7.05 Å². The Morgan fingerprint density at radius 1 is 1.17 bits per heavy atom. The molecule has 7 nitrogen and oxygen atoms in total. The molecule has 2 aromatic rings. The Labute approximate surface area is 139 Å². The maximum absolute atomic E-state index is 12.7. The second-order valence-corrected chi connectivity index (χ2v) is 6.53. The van der Waals surface area contributed by atoms with Crippen LogP contribution in [0.1, 0.15) is 44.3 Å². The number of imidazole rings is 1. The van der Waals surface area contributed by atoms with E-state index in [0.29, 0.717) is 30.1 Å². The van der Waals surface area contributed by atoms with Crippen LogP contribution in [0, 0.1) is 0 Å². The van der Waals surface area contributed by atoms with E-state index in [4.69, 9.17) is 0 Å². The largest absolute Gasteiger partial charge is 0.338 e. The number of aryl methyl sites for hydroxylation is 1. The normalized spacial score (nSPS) is 18.2. The Balaban J connectivity index is 1.81. The highest BCUT2D eigenvalue weighted by Crippen LogP contribution is 2.25. The minimum absolute atomic E-state index is 0.267. The summed E-state index contributed by atoms with van der Waals surface area (Å²) in [5, 5.41) is 0. The van der Waals surface area contributed by atoms with E-state index in [-0.39, 0.29) is 11.7 Å². The Kier molecular flexibility index (Phi) is 3.70. The molecule has 2 aliphatic rings. The third-order valence-corrected chi connectivity index (χ3v) is 4.93. The van der Waals surface area contributed by atoms with E-state index >= 15 is 0 Å². The predicted octanol–water partition coefficient (Wildman–Crippen LogP) is 2.15. The van der Waals surface area contributed by atoms with E-state index in [1.54, 1.807) is 18.1 Å². The summed E-state index contributed by atoms with van der Waals surface area (Å²) in [6.07, 6.45) is 10.1. The Morgan fingerprint density at radius 2 is 1.96 bits per heavy atom. The Morgan fingerprint density at radius 3 is 2.67 bits per heavy atom. The van der Waals surface area contributed by atoms with Gasteiger partial charge in [0, 0.05) is 20.1 Å². The van der Waals surface area contributed by atoms with Crippen LogP contribution >= 0.6 is 0 Å². The van der Waals surface area contributed by atoms with Crippen molar-refractivity contribution >= 4 is 22.8 Å². The molecule has 126 valence electrons. The summed E-state index contributed by atoms with van der Waals surface area (Å²) in [4.78, 5) is 36.0. The zero-order valence-corrected chi connectivity index (χ0v) is 13.9. The molecule has 0 atom stereocenters. The SMILES string of the molecule is Cn1c(=O)n(C(=O)N2CCCC2)c2cnc(C3=CCCCC3)nc21. The molecule has 2 aromatic heterocycles. The lowest BCUT2D eigenvalue weighted by molar-refractivity contribution is 0.210. The van der Waals surface area contributed by atoms with Crippen molar-refractivity contribution < 1.29 is 4.79 Å². The number of nitrogens with zero attached hydrogens (tertiary/aromatic N) is 5. The molecule has 0 aromatic carbocycles. The minimum Gasteiger partial charge on any atom is -0.324 e. The van der Waals surface area contributed by atoms with Gasteiger partial charge in [-0.05, 0) is 44.1 Å². The Hall–Kier alpha value is -2.44. The van der Waals surface area contributed by atoms with Crippen LogP contribution in [0.2, 0.25) is 0 Å². The second-order valence-electron chi connectivity index (χ2n) is 6.53. The highest BCUT2D eigenvalue weighted by Gasteiger charge is 2.25. The van der Waals surface area contributed by atoms with Crippen molar-refractivity contribution in [1.82, 2.24) is 24.0 Å². The van der Waals surface area contributed by atoms with Crippen LogP contribution in [0.25, 0.3) is 16.7 Å². The summed E-state index contributed by atoms with van der Waals surface area (Å²) in [7, 11) is 1.66. The van der Waals surface area contributed by atoms with E-state index in [2.05, 4.69) is 16.0 Å². The molecule has 1 aliphatic carbocycles. The van der Waals surface area contributed by atoms with Gasteiger partial charge in [0.25, 0.3) is 0 Å². The number of hydrogen-bond acceptors (Lipinski definition) is 4. The van der Waals surface area contributed by atoms with Gasteiger partial charge < -0.3 is 4.90 Å². The second kappa shape index (κ2) is 5.89. The topological polar surface area (TPSA) is 73.0 Å². The zero-order chi connectivity index (χ0) is 16.7. The number of aromatic nitrogens is 4. The van der Waals surface area contributed by atoms with E-state index < -0.39 is 0 Å². The lowest BCUT2D eigenvalue weighted by atomic mass is 9.99. The van der Waals surface area contributed by atoms with Crippen molar-refractivity contribution in [1.29, 1.82) is 0 Å². The van der Waals surface area contributed by atoms with Crippen molar-refractivity contribution in [2.45, 2.75) is 38.5 Å². The fourth-order valence-electron chi connectivity index (χ4n) is 3.55. The molecule has 0 spiro atoms. The molecule has 0 bridgehead atoms. The lowest BCUT2D eigenvalue weighted by Crippen LogP contribution is -2.38.